The van der Waals surface area contributed by atoms with Crippen molar-refractivity contribution in [1.82, 2.24) is 8.61 Å². The van der Waals surface area contributed by atoms with Gasteiger partial charge in [0.25, 0.3) is 0 Å². The number of nitrogens with zero attached hydrogens (tertiary/aromatic N) is 2. The topological polar surface area (TPSA) is 104 Å². The highest BCUT2D eigenvalue weighted by Crippen LogP contribution is 2.28. The lowest BCUT2D eigenvalue weighted by Gasteiger charge is -2.30. The molecule has 2 aromatic rings. The normalized spacial score (nSPS) is 16.4. The van der Waals surface area contributed by atoms with E-state index < -0.39 is 31.8 Å². The van der Waals surface area contributed by atoms with E-state index >= 15 is 0 Å². The van der Waals surface area contributed by atoms with E-state index in [2.05, 4.69) is 5.32 Å². The van der Waals surface area contributed by atoms with Gasteiger partial charge >= 0.3 is 0 Å². The monoisotopic (exact) mass is 469 g/mol. The molecule has 11 heteroatoms. The minimum absolute atomic E-state index is 0.0204. The molecule has 168 valence electrons. The molecule has 0 spiro atoms. The van der Waals surface area contributed by atoms with E-state index in [-0.39, 0.29) is 47.3 Å². The van der Waals surface area contributed by atoms with Gasteiger partial charge < -0.3 is 5.32 Å². The summed E-state index contributed by atoms with van der Waals surface area (Å²) in [6, 6.07) is 11.3. The van der Waals surface area contributed by atoms with Gasteiger partial charge in [0.2, 0.25) is 26.0 Å². The molecule has 31 heavy (non-hydrogen) atoms. The van der Waals surface area contributed by atoms with Gasteiger partial charge in [-0.15, -0.1) is 0 Å². The summed E-state index contributed by atoms with van der Waals surface area (Å²) in [5.41, 5.74) is 0.169. The van der Waals surface area contributed by atoms with Gasteiger partial charge in [0.1, 0.15) is 15.6 Å². The van der Waals surface area contributed by atoms with Gasteiger partial charge in [-0.05, 0) is 37.1 Å². The van der Waals surface area contributed by atoms with Crippen LogP contribution in [0, 0.1) is 11.7 Å². The van der Waals surface area contributed by atoms with Gasteiger partial charge in [-0.3, -0.25) is 4.79 Å². The molecule has 1 N–H and O–H groups in total. The Labute approximate surface area is 181 Å². The predicted octanol–water partition coefficient (Wildman–Crippen LogP) is 2.12. The first kappa shape index (κ1) is 23.3. The number of nitrogens with one attached hydrogen (secondary N) is 1. The third kappa shape index (κ3) is 4.79. The van der Waals surface area contributed by atoms with Crippen LogP contribution in [0.3, 0.4) is 0 Å². The molecule has 1 amide bonds. The van der Waals surface area contributed by atoms with Crippen LogP contribution in [0.1, 0.15) is 12.8 Å². The second-order valence-electron chi connectivity index (χ2n) is 7.38. The maximum absolute atomic E-state index is 14.0. The smallest absolute Gasteiger partial charge is 0.245 e. The molecule has 8 nitrogen and oxygen atoms in total. The second kappa shape index (κ2) is 9.03. The van der Waals surface area contributed by atoms with Crippen LogP contribution in [-0.2, 0) is 24.8 Å². The first-order chi connectivity index (χ1) is 14.5. The minimum atomic E-state index is -3.99. The Kier molecular flexibility index (Phi) is 6.79. The SMILES string of the molecule is CN(C)S(=O)(=O)c1ccccc1NC(=O)C1CCN(S(=O)(=O)c2ccccc2F)CC1. The summed E-state index contributed by atoms with van der Waals surface area (Å²) < 4.78 is 66.6. The van der Waals surface area contributed by atoms with Gasteiger partial charge in [-0.25, -0.2) is 25.5 Å². The summed E-state index contributed by atoms with van der Waals surface area (Å²) in [5.74, 6) is -1.70. The Balaban J connectivity index is 1.71. The number of carbonyl (C=O) groups is 1. The Bertz CT molecular complexity index is 1170. The van der Waals surface area contributed by atoms with Crippen molar-refractivity contribution in [2.75, 3.05) is 32.5 Å². The maximum atomic E-state index is 14.0. The highest BCUT2D eigenvalue weighted by Gasteiger charge is 2.34. The van der Waals surface area contributed by atoms with Crippen LogP contribution < -0.4 is 5.32 Å². The van der Waals surface area contributed by atoms with Gasteiger partial charge in [0.15, 0.2) is 0 Å². The standard InChI is InChI=1S/C20H24FN3O5S2/c1-23(2)30(26,27)19-10-6-4-8-17(19)22-20(25)15-11-13-24(14-12-15)31(28,29)18-9-5-3-7-16(18)21/h3-10,15H,11-14H2,1-2H3,(H,22,25). The summed E-state index contributed by atoms with van der Waals surface area (Å²) >= 11 is 0. The van der Waals surface area contributed by atoms with Crippen molar-refractivity contribution >= 4 is 31.6 Å². The molecule has 0 saturated carbocycles. The first-order valence-corrected chi connectivity index (χ1v) is 12.5. The number of piperidine rings is 1. The Morgan fingerprint density at radius 3 is 2.10 bits per heavy atom. The number of carbonyl (C=O) groups excluding carboxylic acids is 1. The van der Waals surface area contributed by atoms with Crippen molar-refractivity contribution in [2.45, 2.75) is 22.6 Å². The average molecular weight is 470 g/mol. The Morgan fingerprint density at radius 2 is 1.52 bits per heavy atom. The van der Waals surface area contributed by atoms with Crippen LogP contribution in [0.4, 0.5) is 10.1 Å². The molecular weight excluding hydrogens is 445 g/mol. The van der Waals surface area contributed by atoms with Crippen molar-refractivity contribution in [2.24, 2.45) is 5.92 Å². The number of benzene rings is 2. The van der Waals surface area contributed by atoms with Crippen molar-refractivity contribution in [1.29, 1.82) is 0 Å². The third-order valence-electron chi connectivity index (χ3n) is 5.18. The molecule has 1 aliphatic rings. The summed E-state index contributed by atoms with van der Waals surface area (Å²) in [6.45, 7) is 0.124. The highest BCUT2D eigenvalue weighted by molar-refractivity contribution is 7.89. The van der Waals surface area contributed by atoms with E-state index in [0.29, 0.717) is 0 Å². The van der Waals surface area contributed by atoms with E-state index in [9.17, 15) is 26.0 Å². The van der Waals surface area contributed by atoms with Crippen molar-refractivity contribution in [3.8, 4) is 0 Å². The molecule has 1 aliphatic heterocycles. The average Bonchev–Trinajstić information content (AvgIpc) is 2.74. The Morgan fingerprint density at radius 1 is 0.968 bits per heavy atom. The second-order valence-corrected chi connectivity index (χ2v) is 11.4. The van der Waals surface area contributed by atoms with Gasteiger partial charge in [-0.1, -0.05) is 24.3 Å². The first-order valence-electron chi connectivity index (χ1n) is 9.62. The van der Waals surface area contributed by atoms with Crippen LogP contribution in [0.15, 0.2) is 58.3 Å². The zero-order chi connectivity index (χ0) is 22.8. The number of halogens is 1. The van der Waals surface area contributed by atoms with Crippen LogP contribution in [-0.4, -0.2) is 58.5 Å². The Hall–Kier alpha value is -2.34. The quantitative estimate of drug-likeness (QED) is 0.698. The number of sulfonamides is 2. The molecule has 0 unspecified atom stereocenters. The molecule has 0 aliphatic carbocycles. The molecule has 0 radical (unpaired) electrons. The molecule has 3 rings (SSSR count). The maximum Gasteiger partial charge on any atom is 0.245 e. The van der Waals surface area contributed by atoms with E-state index in [1.807, 2.05) is 0 Å². The largest absolute Gasteiger partial charge is 0.325 e. The van der Waals surface area contributed by atoms with E-state index in [0.717, 1.165) is 10.4 Å². The fourth-order valence-electron chi connectivity index (χ4n) is 3.38. The molecule has 1 fully saturated rings. The number of rotatable bonds is 6. The number of para-hydroxylation sites is 1. The number of anilines is 1. The van der Waals surface area contributed by atoms with E-state index in [1.54, 1.807) is 12.1 Å². The molecule has 1 saturated heterocycles. The zero-order valence-electron chi connectivity index (χ0n) is 17.2. The van der Waals surface area contributed by atoms with Crippen LogP contribution in [0.2, 0.25) is 0 Å². The molecule has 0 aromatic heterocycles. The van der Waals surface area contributed by atoms with Crippen LogP contribution in [0.5, 0.6) is 0 Å². The van der Waals surface area contributed by atoms with Crippen molar-refractivity contribution < 1.29 is 26.0 Å². The minimum Gasteiger partial charge on any atom is -0.325 e. The molecule has 0 atom stereocenters. The van der Waals surface area contributed by atoms with Crippen molar-refractivity contribution in [3.05, 3.63) is 54.3 Å². The molecule has 0 bridgehead atoms. The highest BCUT2D eigenvalue weighted by atomic mass is 32.2. The van der Waals surface area contributed by atoms with Crippen LogP contribution >= 0.6 is 0 Å². The number of hydrogen-bond donors (Lipinski definition) is 1. The molecule has 1 heterocycles. The summed E-state index contributed by atoms with van der Waals surface area (Å²) in [7, 11) is -4.94. The summed E-state index contributed by atoms with van der Waals surface area (Å²) in [5, 5.41) is 2.66. The third-order valence-corrected chi connectivity index (χ3v) is 8.99. The lowest BCUT2D eigenvalue weighted by atomic mass is 9.97. The lowest BCUT2D eigenvalue weighted by Crippen LogP contribution is -2.41. The van der Waals surface area contributed by atoms with E-state index in [4.69, 9.17) is 0 Å². The van der Waals surface area contributed by atoms with Crippen molar-refractivity contribution in [3.63, 3.8) is 0 Å². The number of amides is 1. The fraction of sp³-hybridized carbons (Fsp3) is 0.350. The van der Waals surface area contributed by atoms with Gasteiger partial charge in [0.05, 0.1) is 5.69 Å². The van der Waals surface area contributed by atoms with E-state index in [1.165, 1.54) is 48.7 Å². The van der Waals surface area contributed by atoms with Gasteiger partial charge in [-0.2, -0.15) is 4.31 Å². The summed E-state index contributed by atoms with van der Waals surface area (Å²) in [4.78, 5) is 12.3. The van der Waals surface area contributed by atoms with Crippen LogP contribution in [0.25, 0.3) is 0 Å². The zero-order valence-corrected chi connectivity index (χ0v) is 18.8. The molecular formula is C20H24FN3O5S2. The fourth-order valence-corrected chi connectivity index (χ4v) is 5.95. The van der Waals surface area contributed by atoms with Gasteiger partial charge in [0, 0.05) is 33.1 Å². The number of hydrogen-bond acceptors (Lipinski definition) is 5. The molecule has 2 aromatic carbocycles. The predicted molar refractivity (Wildman–Crippen MR) is 114 cm³/mol. The lowest BCUT2D eigenvalue weighted by molar-refractivity contribution is -0.120. The summed E-state index contributed by atoms with van der Waals surface area (Å²) in [6.07, 6.45) is 0.476.